The summed E-state index contributed by atoms with van der Waals surface area (Å²) in [7, 11) is 3.71. The van der Waals surface area contributed by atoms with Gasteiger partial charge in [0.05, 0.1) is 0 Å². The Balaban J connectivity index is 2.95. The van der Waals surface area contributed by atoms with Gasteiger partial charge in [-0.2, -0.15) is 13.2 Å². The van der Waals surface area contributed by atoms with E-state index in [1.165, 1.54) is 6.08 Å². The molecule has 1 aromatic carbocycles. The molecule has 0 saturated carbocycles. The molecular weight excluding hydrogens is 299 g/mol. The van der Waals surface area contributed by atoms with Crippen LogP contribution in [-0.2, 0) is 9.59 Å². The van der Waals surface area contributed by atoms with Crippen LogP contribution in [0.1, 0.15) is 5.56 Å². The predicted octanol–water partition coefficient (Wildman–Crippen LogP) is 2.91. The van der Waals surface area contributed by atoms with Crippen molar-refractivity contribution in [2.75, 3.05) is 19.0 Å². The third-order valence-electron chi connectivity index (χ3n) is 2.69. The van der Waals surface area contributed by atoms with Crippen LogP contribution in [0.2, 0.25) is 0 Å². The van der Waals surface area contributed by atoms with Crippen molar-refractivity contribution in [3.8, 4) is 0 Å². The van der Waals surface area contributed by atoms with E-state index in [1.807, 2.05) is 19.0 Å². The zero-order valence-electron chi connectivity index (χ0n) is 11.9. The van der Waals surface area contributed by atoms with Gasteiger partial charge in [0.2, 0.25) is 0 Å². The molecule has 0 atom stereocenters. The average molecular weight is 313 g/mol. The van der Waals surface area contributed by atoms with Crippen molar-refractivity contribution in [3.05, 3.63) is 47.6 Å². The van der Waals surface area contributed by atoms with Crippen molar-refractivity contribution in [2.24, 2.45) is 0 Å². The summed E-state index contributed by atoms with van der Waals surface area (Å²) >= 11 is 0. The number of hydrogen-bond donors (Lipinski definition) is 1. The van der Waals surface area contributed by atoms with Gasteiger partial charge in [0.1, 0.15) is 5.57 Å². The number of halogens is 3. The zero-order chi connectivity index (χ0) is 16.9. The summed E-state index contributed by atoms with van der Waals surface area (Å²) in [4.78, 5) is 23.5. The quantitative estimate of drug-likeness (QED) is 0.393. The number of benzene rings is 1. The number of allylic oxidation sites excluding steroid dienone is 2. The van der Waals surface area contributed by atoms with Gasteiger partial charge >= 0.3 is 12.1 Å². The van der Waals surface area contributed by atoms with E-state index in [-0.39, 0.29) is 0 Å². The van der Waals surface area contributed by atoms with Crippen LogP contribution in [-0.4, -0.2) is 37.1 Å². The van der Waals surface area contributed by atoms with E-state index < -0.39 is 23.5 Å². The zero-order valence-corrected chi connectivity index (χ0v) is 11.9. The van der Waals surface area contributed by atoms with Crippen LogP contribution in [0, 0.1) is 0 Å². The summed E-state index contributed by atoms with van der Waals surface area (Å²) in [6, 6.07) is 7.02. The van der Waals surface area contributed by atoms with E-state index >= 15 is 0 Å². The fourth-order valence-electron chi connectivity index (χ4n) is 1.54. The van der Waals surface area contributed by atoms with Crippen molar-refractivity contribution >= 4 is 23.5 Å². The largest absolute Gasteiger partial charge is 0.478 e. The highest BCUT2D eigenvalue weighted by molar-refractivity contribution is 6.19. The Morgan fingerprint density at radius 1 is 1.14 bits per heavy atom. The highest BCUT2D eigenvalue weighted by Gasteiger charge is 2.42. The third kappa shape index (κ3) is 4.76. The minimum atomic E-state index is -5.22. The first-order valence-electron chi connectivity index (χ1n) is 6.13. The molecule has 1 aromatic rings. The first kappa shape index (κ1) is 17.5. The maximum absolute atomic E-state index is 12.2. The second kappa shape index (κ2) is 6.93. The second-order valence-electron chi connectivity index (χ2n) is 4.56. The maximum Gasteiger partial charge on any atom is 0.455 e. The number of aliphatic carboxylic acids is 1. The topological polar surface area (TPSA) is 57.6 Å². The maximum atomic E-state index is 12.2. The standard InChI is InChI=1S/C15H14F3NO3/c1-19(2)11-8-6-10(7-9-11)4-3-5-12(14(21)22)13(20)15(16,17)18/h3-9H,1-2H3,(H,21,22)/b4-3+,12-5-. The summed E-state index contributed by atoms with van der Waals surface area (Å²) in [6.45, 7) is 0. The summed E-state index contributed by atoms with van der Waals surface area (Å²) < 4.78 is 36.7. The molecule has 0 fully saturated rings. The van der Waals surface area contributed by atoms with Gasteiger partial charge in [0.15, 0.2) is 0 Å². The SMILES string of the molecule is CN(C)c1ccc(/C=C/C=C(\C(=O)O)C(=O)C(F)(F)F)cc1. The number of nitrogens with zero attached hydrogens (tertiary/aromatic N) is 1. The number of anilines is 1. The molecule has 0 amide bonds. The number of carbonyl (C=O) groups is 2. The highest BCUT2D eigenvalue weighted by atomic mass is 19.4. The van der Waals surface area contributed by atoms with Crippen LogP contribution < -0.4 is 4.90 Å². The van der Waals surface area contributed by atoms with Crippen molar-refractivity contribution in [1.82, 2.24) is 0 Å². The van der Waals surface area contributed by atoms with Gasteiger partial charge in [0.25, 0.3) is 5.78 Å². The normalized spacial score (nSPS) is 12.5. The Kier molecular flexibility index (Phi) is 5.50. The average Bonchev–Trinajstić information content (AvgIpc) is 2.42. The number of ketones is 1. The minimum absolute atomic E-state index is 0.637. The lowest BCUT2D eigenvalue weighted by molar-refractivity contribution is -0.168. The van der Waals surface area contributed by atoms with Crippen LogP contribution in [0.4, 0.5) is 18.9 Å². The molecule has 0 saturated heterocycles. The van der Waals surface area contributed by atoms with Crippen molar-refractivity contribution in [3.63, 3.8) is 0 Å². The van der Waals surface area contributed by atoms with Crippen LogP contribution in [0.5, 0.6) is 0 Å². The molecule has 1 N–H and O–H groups in total. The molecule has 0 aromatic heterocycles. The molecule has 0 bridgehead atoms. The number of carboxylic acid groups (broad SMARTS) is 1. The fraction of sp³-hybridized carbons (Fsp3) is 0.200. The number of hydrogen-bond acceptors (Lipinski definition) is 3. The molecule has 22 heavy (non-hydrogen) atoms. The Bertz CT molecular complexity index is 614. The van der Waals surface area contributed by atoms with Gasteiger partial charge < -0.3 is 10.0 Å². The van der Waals surface area contributed by atoms with Crippen LogP contribution in [0.3, 0.4) is 0 Å². The predicted molar refractivity (Wildman–Crippen MR) is 76.6 cm³/mol. The molecule has 0 aliphatic heterocycles. The Hall–Kier alpha value is -2.57. The van der Waals surface area contributed by atoms with E-state index in [0.29, 0.717) is 11.6 Å². The van der Waals surface area contributed by atoms with Gasteiger partial charge in [-0.05, 0) is 23.8 Å². The van der Waals surface area contributed by atoms with Crippen LogP contribution >= 0.6 is 0 Å². The van der Waals surface area contributed by atoms with E-state index in [2.05, 4.69) is 0 Å². The molecule has 0 aliphatic carbocycles. The third-order valence-corrected chi connectivity index (χ3v) is 2.69. The van der Waals surface area contributed by atoms with Gasteiger partial charge in [-0.3, -0.25) is 4.79 Å². The first-order chi connectivity index (χ1) is 10.1. The van der Waals surface area contributed by atoms with E-state index in [1.54, 1.807) is 24.3 Å². The molecule has 0 aliphatic rings. The van der Waals surface area contributed by atoms with Gasteiger partial charge in [-0.15, -0.1) is 0 Å². The van der Waals surface area contributed by atoms with E-state index in [9.17, 15) is 22.8 Å². The van der Waals surface area contributed by atoms with Crippen LogP contribution in [0.25, 0.3) is 6.08 Å². The van der Waals surface area contributed by atoms with Gasteiger partial charge in [0, 0.05) is 19.8 Å². The highest BCUT2D eigenvalue weighted by Crippen LogP contribution is 2.21. The fourth-order valence-corrected chi connectivity index (χ4v) is 1.54. The lowest BCUT2D eigenvalue weighted by Gasteiger charge is -2.11. The molecule has 118 valence electrons. The molecule has 0 heterocycles. The molecule has 4 nitrogen and oxygen atoms in total. The summed E-state index contributed by atoms with van der Waals surface area (Å²) in [5, 5.41) is 8.67. The van der Waals surface area contributed by atoms with Crippen LogP contribution in [0.15, 0.2) is 42.0 Å². The summed E-state index contributed by atoms with van der Waals surface area (Å²) in [5.41, 5.74) is 0.269. The minimum Gasteiger partial charge on any atom is -0.478 e. The molecule has 0 radical (unpaired) electrons. The lowest BCUT2D eigenvalue weighted by Crippen LogP contribution is -2.28. The Labute approximate surface area is 125 Å². The van der Waals surface area contributed by atoms with E-state index in [0.717, 1.165) is 11.8 Å². The molecule has 0 unspecified atom stereocenters. The van der Waals surface area contributed by atoms with E-state index in [4.69, 9.17) is 5.11 Å². The van der Waals surface area contributed by atoms with Gasteiger partial charge in [-0.1, -0.05) is 24.3 Å². The van der Waals surface area contributed by atoms with Gasteiger partial charge in [-0.25, -0.2) is 4.79 Å². The molecular formula is C15H14F3NO3. The summed E-state index contributed by atoms with van der Waals surface area (Å²) in [5.74, 6) is -4.30. The molecule has 1 rings (SSSR count). The first-order valence-corrected chi connectivity index (χ1v) is 6.13. The van der Waals surface area contributed by atoms with Crippen molar-refractivity contribution in [1.29, 1.82) is 0 Å². The number of alkyl halides is 3. The number of carboxylic acids is 1. The van der Waals surface area contributed by atoms with Crippen molar-refractivity contribution in [2.45, 2.75) is 6.18 Å². The number of carbonyl (C=O) groups excluding carboxylic acids is 1. The second-order valence-corrected chi connectivity index (χ2v) is 4.56. The Morgan fingerprint density at radius 2 is 1.68 bits per heavy atom. The summed E-state index contributed by atoms with van der Waals surface area (Å²) in [6.07, 6.45) is -2.08. The monoisotopic (exact) mass is 313 g/mol. The van der Waals surface area contributed by atoms with Crippen molar-refractivity contribution < 1.29 is 27.9 Å². The Morgan fingerprint density at radius 3 is 2.09 bits per heavy atom. The molecule has 0 spiro atoms. The lowest BCUT2D eigenvalue weighted by atomic mass is 10.1. The number of Topliss-reactive ketones (excluding diaryl/α,β-unsaturated/α-hetero) is 1. The number of rotatable bonds is 5. The molecule has 7 heteroatoms. The smallest absolute Gasteiger partial charge is 0.455 e.